The van der Waals surface area contributed by atoms with E-state index >= 15 is 0 Å². The fourth-order valence-electron chi connectivity index (χ4n) is 2.44. The third-order valence-corrected chi connectivity index (χ3v) is 4.66. The van der Waals surface area contributed by atoms with Crippen molar-refractivity contribution in [1.29, 1.82) is 0 Å². The first-order chi connectivity index (χ1) is 12.9. The number of amides is 2. The molecule has 7 nitrogen and oxygen atoms in total. The van der Waals surface area contributed by atoms with Gasteiger partial charge in [0.05, 0.1) is 10.2 Å². The number of nitrogen functional groups attached to an aromatic ring is 1. The van der Waals surface area contributed by atoms with E-state index < -0.39 is 0 Å². The Bertz CT molecular complexity index is 983. The topological polar surface area (TPSA) is 110 Å². The largest absolute Gasteiger partial charge is 0.375 e. The molecule has 0 spiro atoms. The molecule has 0 saturated carbocycles. The molecular weight excluding hydrogens is 362 g/mol. The van der Waals surface area contributed by atoms with Crippen LogP contribution < -0.4 is 16.4 Å². The summed E-state index contributed by atoms with van der Waals surface area (Å²) >= 11 is 1.41. The van der Waals surface area contributed by atoms with E-state index in [0.717, 1.165) is 15.8 Å². The Morgan fingerprint density at radius 2 is 1.78 bits per heavy atom. The zero-order chi connectivity index (χ0) is 19.4. The standard InChI is InChI=1S/C19H21N5O2S/c1-11(2)9-21-17(25)14-4-3-5-15(23-14)18(26)22-10-12-6-7-13-16(8-12)27-19(20)24-13/h3-8,11H,9-10H2,1-2H3,(H2,20,24)(H,21,25)(H,22,26). The van der Waals surface area contributed by atoms with Crippen LogP contribution in [0.25, 0.3) is 10.2 Å². The Morgan fingerprint density at radius 1 is 1.07 bits per heavy atom. The predicted octanol–water partition coefficient (Wildman–Crippen LogP) is 2.59. The van der Waals surface area contributed by atoms with Gasteiger partial charge in [-0.25, -0.2) is 9.97 Å². The van der Waals surface area contributed by atoms with Gasteiger partial charge in [0.15, 0.2) is 5.13 Å². The summed E-state index contributed by atoms with van der Waals surface area (Å²) in [7, 11) is 0. The highest BCUT2D eigenvalue weighted by atomic mass is 32.1. The average Bonchev–Trinajstić information content (AvgIpc) is 3.03. The van der Waals surface area contributed by atoms with Gasteiger partial charge in [-0.2, -0.15) is 0 Å². The summed E-state index contributed by atoms with van der Waals surface area (Å²) in [5.41, 5.74) is 7.92. The third-order valence-electron chi connectivity index (χ3n) is 3.81. The fraction of sp³-hybridized carbons (Fsp3) is 0.263. The number of hydrogen-bond acceptors (Lipinski definition) is 6. The van der Waals surface area contributed by atoms with Gasteiger partial charge in [-0.05, 0) is 35.7 Å². The highest BCUT2D eigenvalue weighted by molar-refractivity contribution is 7.22. The Kier molecular flexibility index (Phi) is 5.66. The minimum Gasteiger partial charge on any atom is -0.375 e. The van der Waals surface area contributed by atoms with Gasteiger partial charge >= 0.3 is 0 Å². The molecule has 0 radical (unpaired) electrons. The number of anilines is 1. The molecule has 3 aromatic rings. The number of carbonyl (C=O) groups is 2. The smallest absolute Gasteiger partial charge is 0.270 e. The van der Waals surface area contributed by atoms with Gasteiger partial charge in [0, 0.05) is 13.1 Å². The van der Waals surface area contributed by atoms with E-state index in [1.807, 2.05) is 32.0 Å². The molecule has 0 aliphatic carbocycles. The van der Waals surface area contributed by atoms with Crippen LogP contribution in [0.15, 0.2) is 36.4 Å². The highest BCUT2D eigenvalue weighted by Gasteiger charge is 2.12. The van der Waals surface area contributed by atoms with Crippen LogP contribution in [0.2, 0.25) is 0 Å². The van der Waals surface area contributed by atoms with Gasteiger partial charge < -0.3 is 16.4 Å². The van der Waals surface area contributed by atoms with Gasteiger partial charge in [-0.15, -0.1) is 0 Å². The number of aromatic nitrogens is 2. The summed E-state index contributed by atoms with van der Waals surface area (Å²) in [6.45, 7) is 4.92. The van der Waals surface area contributed by atoms with Gasteiger partial charge in [-0.3, -0.25) is 9.59 Å². The molecule has 140 valence electrons. The van der Waals surface area contributed by atoms with Crippen molar-refractivity contribution in [2.75, 3.05) is 12.3 Å². The molecule has 4 N–H and O–H groups in total. The third kappa shape index (κ3) is 4.79. The van der Waals surface area contributed by atoms with E-state index in [4.69, 9.17) is 5.73 Å². The highest BCUT2D eigenvalue weighted by Crippen LogP contribution is 2.24. The zero-order valence-corrected chi connectivity index (χ0v) is 16.0. The van der Waals surface area contributed by atoms with E-state index in [1.54, 1.807) is 18.2 Å². The Labute approximate surface area is 161 Å². The molecule has 0 aliphatic heterocycles. The lowest BCUT2D eigenvalue weighted by molar-refractivity contribution is 0.0940. The molecule has 0 unspecified atom stereocenters. The summed E-state index contributed by atoms with van der Waals surface area (Å²) in [4.78, 5) is 32.9. The number of nitrogens with one attached hydrogen (secondary N) is 2. The zero-order valence-electron chi connectivity index (χ0n) is 15.2. The van der Waals surface area contributed by atoms with Crippen molar-refractivity contribution in [2.45, 2.75) is 20.4 Å². The van der Waals surface area contributed by atoms with Crippen molar-refractivity contribution in [2.24, 2.45) is 5.92 Å². The van der Waals surface area contributed by atoms with Crippen molar-refractivity contribution < 1.29 is 9.59 Å². The van der Waals surface area contributed by atoms with E-state index in [2.05, 4.69) is 20.6 Å². The van der Waals surface area contributed by atoms with Crippen molar-refractivity contribution in [3.05, 3.63) is 53.3 Å². The second kappa shape index (κ2) is 8.13. The first-order valence-corrected chi connectivity index (χ1v) is 9.42. The number of hydrogen-bond donors (Lipinski definition) is 3. The summed E-state index contributed by atoms with van der Waals surface area (Å²) < 4.78 is 0.973. The SMILES string of the molecule is CC(C)CNC(=O)c1cccc(C(=O)NCc2ccc3nc(N)sc3c2)n1. The maximum absolute atomic E-state index is 12.4. The molecule has 1 aromatic carbocycles. The van der Waals surface area contributed by atoms with Crippen molar-refractivity contribution in [1.82, 2.24) is 20.6 Å². The number of thiazole rings is 1. The van der Waals surface area contributed by atoms with Gasteiger partial charge in [-0.1, -0.05) is 37.3 Å². The predicted molar refractivity (Wildman–Crippen MR) is 107 cm³/mol. The van der Waals surface area contributed by atoms with E-state index in [1.165, 1.54) is 11.3 Å². The minimum absolute atomic E-state index is 0.204. The first kappa shape index (κ1) is 18.8. The lowest BCUT2D eigenvalue weighted by atomic mass is 10.2. The number of nitrogens with zero attached hydrogens (tertiary/aromatic N) is 2. The van der Waals surface area contributed by atoms with Crippen LogP contribution in [0.5, 0.6) is 0 Å². The fourth-order valence-corrected chi connectivity index (χ4v) is 3.24. The summed E-state index contributed by atoms with van der Waals surface area (Å²) in [6, 6.07) is 10.5. The molecule has 0 atom stereocenters. The number of nitrogens with two attached hydrogens (primary N) is 1. The Morgan fingerprint density at radius 3 is 2.48 bits per heavy atom. The van der Waals surface area contributed by atoms with E-state index in [0.29, 0.717) is 24.1 Å². The number of benzene rings is 1. The summed E-state index contributed by atoms with van der Waals surface area (Å²) in [6.07, 6.45) is 0. The first-order valence-electron chi connectivity index (χ1n) is 8.61. The van der Waals surface area contributed by atoms with Crippen molar-refractivity contribution in [3.8, 4) is 0 Å². The molecule has 27 heavy (non-hydrogen) atoms. The maximum atomic E-state index is 12.4. The van der Waals surface area contributed by atoms with Crippen LogP contribution in [0.1, 0.15) is 40.4 Å². The molecule has 8 heteroatoms. The number of pyridine rings is 1. The van der Waals surface area contributed by atoms with Gasteiger partial charge in [0.2, 0.25) is 0 Å². The monoisotopic (exact) mass is 383 g/mol. The van der Waals surface area contributed by atoms with Crippen LogP contribution in [0.3, 0.4) is 0 Å². The molecule has 0 fully saturated rings. The molecule has 2 heterocycles. The van der Waals surface area contributed by atoms with Crippen LogP contribution >= 0.6 is 11.3 Å². The van der Waals surface area contributed by atoms with Crippen LogP contribution in [-0.2, 0) is 6.54 Å². The van der Waals surface area contributed by atoms with Crippen molar-refractivity contribution >= 4 is 38.5 Å². The number of carbonyl (C=O) groups excluding carboxylic acids is 2. The van der Waals surface area contributed by atoms with Gasteiger partial charge in [0.1, 0.15) is 11.4 Å². The number of fused-ring (bicyclic) bond motifs is 1. The van der Waals surface area contributed by atoms with Crippen LogP contribution in [0, 0.1) is 5.92 Å². The second-order valence-electron chi connectivity index (χ2n) is 6.55. The number of rotatable bonds is 6. The summed E-state index contributed by atoms with van der Waals surface area (Å²) in [5.74, 6) is -0.282. The molecule has 0 saturated heterocycles. The van der Waals surface area contributed by atoms with Crippen molar-refractivity contribution in [3.63, 3.8) is 0 Å². The van der Waals surface area contributed by atoms with E-state index in [-0.39, 0.29) is 23.2 Å². The quantitative estimate of drug-likeness (QED) is 0.606. The summed E-state index contributed by atoms with van der Waals surface area (Å²) in [5, 5.41) is 6.13. The molecule has 2 amide bonds. The normalized spacial score (nSPS) is 10.9. The molecule has 2 aromatic heterocycles. The molecule has 0 bridgehead atoms. The molecular formula is C19H21N5O2S. The van der Waals surface area contributed by atoms with Crippen LogP contribution in [-0.4, -0.2) is 28.3 Å². The average molecular weight is 383 g/mol. The van der Waals surface area contributed by atoms with Crippen LogP contribution in [0.4, 0.5) is 5.13 Å². The Balaban J connectivity index is 1.64. The minimum atomic E-state index is -0.336. The van der Waals surface area contributed by atoms with Gasteiger partial charge in [0.25, 0.3) is 11.8 Å². The molecule has 0 aliphatic rings. The second-order valence-corrected chi connectivity index (χ2v) is 7.61. The molecule has 3 rings (SSSR count). The Hall–Kier alpha value is -3.00. The lowest BCUT2D eigenvalue weighted by Crippen LogP contribution is -2.29. The lowest BCUT2D eigenvalue weighted by Gasteiger charge is -2.09. The maximum Gasteiger partial charge on any atom is 0.270 e. The van der Waals surface area contributed by atoms with E-state index in [9.17, 15) is 9.59 Å².